The van der Waals surface area contributed by atoms with E-state index in [1.165, 1.54) is 0 Å². The first kappa shape index (κ1) is 8.53. The third-order valence-electron chi connectivity index (χ3n) is 2.06. The quantitative estimate of drug-likeness (QED) is 0.605. The SMILES string of the molecule is COCCCC1CCNC1=O. The summed E-state index contributed by atoms with van der Waals surface area (Å²) in [5.41, 5.74) is 0. The minimum Gasteiger partial charge on any atom is -0.385 e. The average Bonchev–Trinajstić information content (AvgIpc) is 2.37. The minimum absolute atomic E-state index is 0.223. The van der Waals surface area contributed by atoms with Gasteiger partial charge in [-0.1, -0.05) is 0 Å². The van der Waals surface area contributed by atoms with Gasteiger partial charge in [-0.15, -0.1) is 0 Å². The lowest BCUT2D eigenvalue weighted by molar-refractivity contribution is -0.122. The highest BCUT2D eigenvalue weighted by atomic mass is 16.5. The van der Waals surface area contributed by atoms with Crippen molar-refractivity contribution in [3.63, 3.8) is 0 Å². The lowest BCUT2D eigenvalue weighted by Gasteiger charge is -2.04. The molecule has 1 rings (SSSR count). The van der Waals surface area contributed by atoms with E-state index in [0.717, 1.165) is 32.4 Å². The molecule has 0 spiro atoms. The number of amides is 1. The zero-order valence-corrected chi connectivity index (χ0v) is 6.93. The summed E-state index contributed by atoms with van der Waals surface area (Å²) in [5.74, 6) is 0.478. The molecule has 1 aliphatic heterocycles. The van der Waals surface area contributed by atoms with Gasteiger partial charge in [0, 0.05) is 26.2 Å². The first-order chi connectivity index (χ1) is 5.34. The summed E-state index contributed by atoms with van der Waals surface area (Å²) in [5, 5.41) is 2.82. The zero-order valence-electron chi connectivity index (χ0n) is 6.93. The van der Waals surface area contributed by atoms with E-state index in [0.29, 0.717) is 0 Å². The van der Waals surface area contributed by atoms with E-state index in [1.807, 2.05) is 0 Å². The molecule has 0 aromatic carbocycles. The number of hydrogen-bond acceptors (Lipinski definition) is 2. The molecule has 1 amide bonds. The van der Waals surface area contributed by atoms with Gasteiger partial charge in [0.05, 0.1) is 0 Å². The maximum atomic E-state index is 11.0. The molecule has 1 atom stereocenters. The minimum atomic E-state index is 0.223. The molecule has 1 fully saturated rings. The zero-order chi connectivity index (χ0) is 8.10. The molecule has 0 bridgehead atoms. The van der Waals surface area contributed by atoms with Crippen LogP contribution in [0, 0.1) is 5.92 Å². The van der Waals surface area contributed by atoms with E-state index in [4.69, 9.17) is 4.74 Å². The Balaban J connectivity index is 2.10. The largest absolute Gasteiger partial charge is 0.385 e. The van der Waals surface area contributed by atoms with Crippen LogP contribution in [0.2, 0.25) is 0 Å². The maximum Gasteiger partial charge on any atom is 0.223 e. The summed E-state index contributed by atoms with van der Waals surface area (Å²) in [7, 11) is 1.69. The molecule has 1 heterocycles. The van der Waals surface area contributed by atoms with Crippen LogP contribution in [0.5, 0.6) is 0 Å². The van der Waals surface area contributed by atoms with Gasteiger partial charge in [-0.05, 0) is 19.3 Å². The first-order valence-corrected chi connectivity index (χ1v) is 4.11. The van der Waals surface area contributed by atoms with Gasteiger partial charge in [0.15, 0.2) is 0 Å². The number of methoxy groups -OCH3 is 1. The van der Waals surface area contributed by atoms with Crippen molar-refractivity contribution in [1.29, 1.82) is 0 Å². The molecule has 3 nitrogen and oxygen atoms in total. The van der Waals surface area contributed by atoms with Crippen LogP contribution in [0.4, 0.5) is 0 Å². The Morgan fingerprint density at radius 1 is 1.73 bits per heavy atom. The molecule has 11 heavy (non-hydrogen) atoms. The molecule has 0 saturated carbocycles. The second kappa shape index (κ2) is 4.34. The van der Waals surface area contributed by atoms with Crippen LogP contribution in [-0.4, -0.2) is 26.2 Å². The van der Waals surface area contributed by atoms with Crippen LogP contribution in [0.3, 0.4) is 0 Å². The molecule has 3 heteroatoms. The second-order valence-electron chi connectivity index (χ2n) is 2.91. The predicted molar refractivity (Wildman–Crippen MR) is 42.2 cm³/mol. The molecular weight excluding hydrogens is 142 g/mol. The van der Waals surface area contributed by atoms with Gasteiger partial charge in [-0.2, -0.15) is 0 Å². The summed E-state index contributed by atoms with van der Waals surface area (Å²) in [6.45, 7) is 1.63. The lowest BCUT2D eigenvalue weighted by Crippen LogP contribution is -2.19. The van der Waals surface area contributed by atoms with Gasteiger partial charge >= 0.3 is 0 Å². The van der Waals surface area contributed by atoms with E-state index < -0.39 is 0 Å². The Hall–Kier alpha value is -0.570. The Labute approximate surface area is 67.1 Å². The standard InChI is InChI=1S/C8H15NO2/c1-11-6-2-3-7-4-5-9-8(7)10/h7H,2-6H2,1H3,(H,9,10). The van der Waals surface area contributed by atoms with Crippen molar-refractivity contribution in [3.05, 3.63) is 0 Å². The summed E-state index contributed by atoms with van der Waals surface area (Å²) >= 11 is 0. The number of carbonyl (C=O) groups is 1. The average molecular weight is 157 g/mol. The molecule has 0 aliphatic carbocycles. The van der Waals surface area contributed by atoms with E-state index >= 15 is 0 Å². The third-order valence-corrected chi connectivity index (χ3v) is 2.06. The highest BCUT2D eigenvalue weighted by Crippen LogP contribution is 2.15. The second-order valence-corrected chi connectivity index (χ2v) is 2.91. The van der Waals surface area contributed by atoms with Gasteiger partial charge in [-0.3, -0.25) is 4.79 Å². The van der Waals surface area contributed by atoms with E-state index in [2.05, 4.69) is 5.32 Å². The number of rotatable bonds is 4. The lowest BCUT2D eigenvalue weighted by atomic mass is 10.0. The van der Waals surface area contributed by atoms with Crippen LogP contribution in [-0.2, 0) is 9.53 Å². The molecule has 1 saturated heterocycles. The summed E-state index contributed by atoms with van der Waals surface area (Å²) in [4.78, 5) is 11.0. The van der Waals surface area contributed by atoms with Crippen LogP contribution in [0.1, 0.15) is 19.3 Å². The topological polar surface area (TPSA) is 38.3 Å². The number of nitrogens with one attached hydrogen (secondary N) is 1. The van der Waals surface area contributed by atoms with Crippen molar-refractivity contribution in [2.24, 2.45) is 5.92 Å². The predicted octanol–water partition coefficient (Wildman–Crippen LogP) is 0.549. The van der Waals surface area contributed by atoms with Crippen LogP contribution in [0.15, 0.2) is 0 Å². The van der Waals surface area contributed by atoms with Crippen molar-refractivity contribution in [3.8, 4) is 0 Å². The smallest absolute Gasteiger partial charge is 0.223 e. The first-order valence-electron chi connectivity index (χ1n) is 4.11. The molecule has 64 valence electrons. The van der Waals surface area contributed by atoms with Gasteiger partial charge in [0.1, 0.15) is 0 Å². The van der Waals surface area contributed by atoms with Crippen LogP contribution >= 0.6 is 0 Å². The maximum absolute atomic E-state index is 11.0. The van der Waals surface area contributed by atoms with Crippen molar-refractivity contribution in [2.45, 2.75) is 19.3 Å². The Kier molecular flexibility index (Phi) is 3.36. The fraction of sp³-hybridized carbons (Fsp3) is 0.875. The van der Waals surface area contributed by atoms with Gasteiger partial charge in [0.2, 0.25) is 5.91 Å². The van der Waals surface area contributed by atoms with Gasteiger partial charge in [-0.25, -0.2) is 0 Å². The molecule has 0 radical (unpaired) electrons. The fourth-order valence-corrected chi connectivity index (χ4v) is 1.39. The van der Waals surface area contributed by atoms with E-state index in [1.54, 1.807) is 7.11 Å². The van der Waals surface area contributed by atoms with Crippen molar-refractivity contribution in [1.82, 2.24) is 5.32 Å². The highest BCUT2D eigenvalue weighted by Gasteiger charge is 2.22. The van der Waals surface area contributed by atoms with Crippen LogP contribution in [0.25, 0.3) is 0 Å². The molecule has 1 aliphatic rings. The highest BCUT2D eigenvalue weighted by molar-refractivity contribution is 5.80. The number of carbonyl (C=O) groups excluding carboxylic acids is 1. The van der Waals surface area contributed by atoms with E-state index in [-0.39, 0.29) is 11.8 Å². The third kappa shape index (κ3) is 2.50. The molecule has 1 N–H and O–H groups in total. The number of ether oxygens (including phenoxy) is 1. The van der Waals surface area contributed by atoms with Gasteiger partial charge < -0.3 is 10.1 Å². The van der Waals surface area contributed by atoms with Crippen molar-refractivity contribution in [2.75, 3.05) is 20.3 Å². The summed E-state index contributed by atoms with van der Waals surface area (Å²) in [6.07, 6.45) is 2.97. The normalized spacial score (nSPS) is 23.7. The Morgan fingerprint density at radius 2 is 2.55 bits per heavy atom. The van der Waals surface area contributed by atoms with Crippen molar-refractivity contribution < 1.29 is 9.53 Å². The van der Waals surface area contributed by atoms with Gasteiger partial charge in [0.25, 0.3) is 0 Å². The fourth-order valence-electron chi connectivity index (χ4n) is 1.39. The Bertz CT molecular complexity index is 136. The molecule has 0 aromatic rings. The van der Waals surface area contributed by atoms with Crippen LogP contribution < -0.4 is 5.32 Å². The monoisotopic (exact) mass is 157 g/mol. The molecular formula is C8H15NO2. The molecule has 0 aromatic heterocycles. The molecule has 1 unspecified atom stereocenters. The number of hydrogen-bond donors (Lipinski definition) is 1. The van der Waals surface area contributed by atoms with Crippen molar-refractivity contribution >= 4 is 5.91 Å². The van der Waals surface area contributed by atoms with E-state index in [9.17, 15) is 4.79 Å². The summed E-state index contributed by atoms with van der Waals surface area (Å²) < 4.78 is 4.91. The summed E-state index contributed by atoms with van der Waals surface area (Å²) in [6, 6.07) is 0. The Morgan fingerprint density at radius 3 is 3.09 bits per heavy atom.